The van der Waals surface area contributed by atoms with E-state index in [9.17, 15) is 4.79 Å². The van der Waals surface area contributed by atoms with Gasteiger partial charge in [-0.2, -0.15) is 0 Å². The molecule has 0 spiro atoms. The molecule has 4 rings (SSSR count). The zero-order valence-electron chi connectivity index (χ0n) is 11.8. The summed E-state index contributed by atoms with van der Waals surface area (Å²) < 4.78 is 1.11. The Morgan fingerprint density at radius 2 is 1.95 bits per heavy atom. The van der Waals surface area contributed by atoms with E-state index < -0.39 is 0 Å². The summed E-state index contributed by atoms with van der Waals surface area (Å²) in [4.78, 5) is 14.7. The van der Waals surface area contributed by atoms with Gasteiger partial charge in [-0.25, -0.2) is 0 Å². The minimum absolute atomic E-state index is 0. The monoisotopic (exact) mass is 370 g/mol. The lowest BCUT2D eigenvalue weighted by molar-refractivity contribution is -0.131. The second-order valence-corrected chi connectivity index (χ2v) is 7.34. The van der Waals surface area contributed by atoms with Crippen LogP contribution in [0.1, 0.15) is 17.9 Å². The second-order valence-electron chi connectivity index (χ2n) is 6.43. The zero-order valence-corrected chi connectivity index (χ0v) is 14.2. The third-order valence-corrected chi connectivity index (χ3v) is 5.58. The lowest BCUT2D eigenvalue weighted by Crippen LogP contribution is -2.33. The maximum atomic E-state index is 12.6. The number of amides is 1. The van der Waals surface area contributed by atoms with Crippen LogP contribution in [0.2, 0.25) is 0 Å². The van der Waals surface area contributed by atoms with E-state index in [4.69, 9.17) is 0 Å². The normalized spacial score (nSPS) is 33.5. The molecule has 1 N–H and O–H groups in total. The van der Waals surface area contributed by atoms with Gasteiger partial charge in [0.2, 0.25) is 5.91 Å². The Hall–Kier alpha value is -0.580. The molecule has 21 heavy (non-hydrogen) atoms. The maximum Gasteiger partial charge on any atom is 0.226 e. The van der Waals surface area contributed by atoms with Gasteiger partial charge in [-0.1, -0.05) is 28.1 Å². The molecule has 1 aliphatic carbocycles. The summed E-state index contributed by atoms with van der Waals surface area (Å²) in [5, 5.41) is 3.43. The number of carbonyl (C=O) groups excluding carboxylic acids is 1. The maximum absolute atomic E-state index is 12.6. The average Bonchev–Trinajstić information content (AvgIpc) is 2.94. The van der Waals surface area contributed by atoms with E-state index in [1.807, 2.05) is 6.07 Å². The van der Waals surface area contributed by atoms with Crippen molar-refractivity contribution in [2.75, 3.05) is 26.2 Å². The smallest absolute Gasteiger partial charge is 0.226 e. The highest BCUT2D eigenvalue weighted by molar-refractivity contribution is 9.10. The van der Waals surface area contributed by atoms with Gasteiger partial charge in [0.1, 0.15) is 0 Å². The summed E-state index contributed by atoms with van der Waals surface area (Å²) in [6, 6.07) is 8.40. The predicted octanol–water partition coefficient (Wildman–Crippen LogP) is 2.65. The number of nitrogens with zero attached hydrogens (tertiary/aromatic N) is 1. The number of fused-ring (bicyclic) bond motifs is 1. The lowest BCUT2D eigenvalue weighted by Gasteiger charge is -2.17. The van der Waals surface area contributed by atoms with Crippen molar-refractivity contribution in [3.63, 3.8) is 0 Å². The van der Waals surface area contributed by atoms with Gasteiger partial charge in [-0.05, 0) is 41.9 Å². The van der Waals surface area contributed by atoms with E-state index in [1.54, 1.807) is 0 Å². The van der Waals surface area contributed by atoms with E-state index in [1.165, 1.54) is 5.56 Å². The van der Waals surface area contributed by atoms with Crippen LogP contribution in [0.4, 0.5) is 0 Å². The molecular weight excluding hydrogens is 352 g/mol. The Labute approximate surface area is 140 Å². The largest absolute Gasteiger partial charge is 0.342 e. The quantitative estimate of drug-likeness (QED) is 0.867. The fraction of sp³-hybridized carbons (Fsp3) is 0.562. The molecule has 1 amide bonds. The van der Waals surface area contributed by atoms with Crippen LogP contribution in [0, 0.1) is 17.8 Å². The Morgan fingerprint density at radius 3 is 2.62 bits per heavy atom. The number of hydrogen-bond acceptors (Lipinski definition) is 2. The first-order chi connectivity index (χ1) is 9.72. The van der Waals surface area contributed by atoms with E-state index in [0.717, 1.165) is 37.1 Å². The first-order valence-electron chi connectivity index (χ1n) is 7.47. The molecule has 0 bridgehead atoms. The van der Waals surface area contributed by atoms with Crippen LogP contribution in [-0.2, 0) is 4.79 Å². The van der Waals surface area contributed by atoms with Crippen molar-refractivity contribution in [3.05, 3.63) is 34.3 Å². The molecule has 2 unspecified atom stereocenters. The molecule has 2 heterocycles. The van der Waals surface area contributed by atoms with Crippen LogP contribution >= 0.6 is 28.3 Å². The number of benzene rings is 1. The Bertz CT molecular complexity index is 541. The van der Waals surface area contributed by atoms with Crippen LogP contribution in [0.25, 0.3) is 0 Å². The van der Waals surface area contributed by atoms with Gasteiger partial charge >= 0.3 is 0 Å². The molecule has 2 saturated heterocycles. The van der Waals surface area contributed by atoms with Crippen LogP contribution in [0.5, 0.6) is 0 Å². The summed E-state index contributed by atoms with van der Waals surface area (Å²) in [6.07, 6.45) is 1.03. The molecule has 3 fully saturated rings. The van der Waals surface area contributed by atoms with Crippen molar-refractivity contribution in [2.24, 2.45) is 17.8 Å². The molecule has 0 aromatic heterocycles. The van der Waals surface area contributed by atoms with Crippen LogP contribution in [-0.4, -0.2) is 37.0 Å². The molecular formula is C16H20BrClN2O. The number of rotatable bonds is 2. The van der Waals surface area contributed by atoms with E-state index in [2.05, 4.69) is 44.3 Å². The van der Waals surface area contributed by atoms with Crippen molar-refractivity contribution in [1.29, 1.82) is 0 Å². The highest BCUT2D eigenvalue weighted by Crippen LogP contribution is 2.49. The SMILES string of the molecule is Cl.O=C(C1CC1c1cccc(Br)c1)N1C[C@H]2CNC[C@H]2C1. The fourth-order valence-corrected chi connectivity index (χ4v) is 4.26. The first kappa shape index (κ1) is 15.3. The molecule has 1 aromatic rings. The van der Waals surface area contributed by atoms with Crippen molar-refractivity contribution in [2.45, 2.75) is 12.3 Å². The number of likely N-dealkylation sites (tertiary alicyclic amines) is 1. The highest BCUT2D eigenvalue weighted by Gasteiger charge is 2.48. The molecule has 114 valence electrons. The molecule has 2 aliphatic heterocycles. The van der Waals surface area contributed by atoms with E-state index in [0.29, 0.717) is 23.7 Å². The summed E-state index contributed by atoms with van der Waals surface area (Å²) in [5.74, 6) is 2.46. The number of nitrogens with one attached hydrogen (secondary N) is 1. The number of carbonyl (C=O) groups is 1. The van der Waals surface area contributed by atoms with Crippen molar-refractivity contribution in [3.8, 4) is 0 Å². The molecule has 5 heteroatoms. The lowest BCUT2D eigenvalue weighted by atomic mass is 10.0. The van der Waals surface area contributed by atoms with Gasteiger partial charge < -0.3 is 10.2 Å². The third kappa shape index (κ3) is 2.86. The van der Waals surface area contributed by atoms with Crippen molar-refractivity contribution < 1.29 is 4.79 Å². The predicted molar refractivity (Wildman–Crippen MR) is 88.7 cm³/mol. The second kappa shape index (κ2) is 5.90. The van der Waals surface area contributed by atoms with Gasteiger partial charge in [0, 0.05) is 36.6 Å². The zero-order chi connectivity index (χ0) is 13.7. The van der Waals surface area contributed by atoms with Crippen LogP contribution < -0.4 is 5.32 Å². The summed E-state index contributed by atoms with van der Waals surface area (Å²) in [5.41, 5.74) is 1.30. The standard InChI is InChI=1S/C16H19BrN2O.ClH/c17-13-3-1-2-10(4-13)14-5-15(14)16(20)19-8-11-6-18-7-12(11)9-19;/h1-4,11-12,14-15,18H,5-9H2;1H/t11-,12+,14?,15?;. The molecule has 4 atom stereocenters. The van der Waals surface area contributed by atoms with Gasteiger partial charge in [-0.3, -0.25) is 4.79 Å². The Morgan fingerprint density at radius 1 is 1.24 bits per heavy atom. The summed E-state index contributed by atoms with van der Waals surface area (Å²) >= 11 is 3.51. The van der Waals surface area contributed by atoms with E-state index >= 15 is 0 Å². The first-order valence-corrected chi connectivity index (χ1v) is 8.26. The third-order valence-electron chi connectivity index (χ3n) is 5.09. The van der Waals surface area contributed by atoms with Gasteiger partial charge in [0.05, 0.1) is 0 Å². The Balaban J connectivity index is 0.00000132. The minimum atomic E-state index is 0. The topological polar surface area (TPSA) is 32.3 Å². The fourth-order valence-electron chi connectivity index (χ4n) is 3.84. The van der Waals surface area contributed by atoms with Crippen molar-refractivity contribution in [1.82, 2.24) is 10.2 Å². The van der Waals surface area contributed by atoms with Gasteiger partial charge in [0.25, 0.3) is 0 Å². The summed E-state index contributed by atoms with van der Waals surface area (Å²) in [6.45, 7) is 4.12. The molecule has 3 aliphatic rings. The van der Waals surface area contributed by atoms with E-state index in [-0.39, 0.29) is 18.3 Å². The van der Waals surface area contributed by atoms with Gasteiger partial charge in [-0.15, -0.1) is 12.4 Å². The minimum Gasteiger partial charge on any atom is -0.342 e. The molecule has 1 aromatic carbocycles. The molecule has 3 nitrogen and oxygen atoms in total. The number of hydrogen-bond donors (Lipinski definition) is 1. The molecule has 1 saturated carbocycles. The average molecular weight is 372 g/mol. The van der Waals surface area contributed by atoms with Crippen LogP contribution in [0.3, 0.4) is 0 Å². The molecule has 0 radical (unpaired) electrons. The highest BCUT2D eigenvalue weighted by atomic mass is 79.9. The Kier molecular flexibility index (Phi) is 4.30. The van der Waals surface area contributed by atoms with Crippen molar-refractivity contribution >= 4 is 34.2 Å². The van der Waals surface area contributed by atoms with Gasteiger partial charge in [0.15, 0.2) is 0 Å². The summed E-state index contributed by atoms with van der Waals surface area (Å²) in [7, 11) is 0. The number of halogens is 2. The van der Waals surface area contributed by atoms with Crippen LogP contribution in [0.15, 0.2) is 28.7 Å².